The number of hydrogen-bond acceptors (Lipinski definition) is 3. The highest BCUT2D eigenvalue weighted by Crippen LogP contribution is 2.34. The fraction of sp³-hybridized carbons (Fsp3) is 0.333. The molecular formula is C12H17NO2. The van der Waals surface area contributed by atoms with E-state index >= 15 is 0 Å². The first-order chi connectivity index (χ1) is 7.06. The number of methoxy groups -OCH3 is 1. The van der Waals surface area contributed by atoms with Crippen molar-refractivity contribution >= 4 is 0 Å². The Bertz CT molecular complexity index is 361. The van der Waals surface area contributed by atoms with E-state index in [1.165, 1.54) is 0 Å². The Labute approximate surface area is 90.2 Å². The predicted octanol–water partition coefficient (Wildman–Crippen LogP) is 2.37. The summed E-state index contributed by atoms with van der Waals surface area (Å²) >= 11 is 0. The highest BCUT2D eigenvalue weighted by molar-refractivity contribution is 5.46. The lowest BCUT2D eigenvalue weighted by atomic mass is 9.99. The molecule has 0 amide bonds. The molecule has 0 spiro atoms. The molecule has 0 unspecified atom stereocenters. The maximum absolute atomic E-state index is 9.72. The van der Waals surface area contributed by atoms with Gasteiger partial charge in [-0.25, -0.2) is 0 Å². The van der Waals surface area contributed by atoms with Crippen molar-refractivity contribution in [3.8, 4) is 11.5 Å². The number of phenols is 1. The van der Waals surface area contributed by atoms with Gasteiger partial charge in [-0.05, 0) is 25.5 Å². The summed E-state index contributed by atoms with van der Waals surface area (Å²) < 4.78 is 5.16. The van der Waals surface area contributed by atoms with Crippen molar-refractivity contribution < 1.29 is 9.84 Å². The molecule has 0 heterocycles. The van der Waals surface area contributed by atoms with Gasteiger partial charge in [0.2, 0.25) is 0 Å². The Kier molecular flexibility index (Phi) is 3.74. The lowest BCUT2D eigenvalue weighted by Crippen LogP contribution is -2.12. The van der Waals surface area contributed by atoms with E-state index in [1.54, 1.807) is 25.3 Å². The van der Waals surface area contributed by atoms with Gasteiger partial charge in [-0.3, -0.25) is 0 Å². The van der Waals surface area contributed by atoms with Crippen molar-refractivity contribution in [2.75, 3.05) is 7.11 Å². The first-order valence-electron chi connectivity index (χ1n) is 4.82. The largest absolute Gasteiger partial charge is 0.507 e. The monoisotopic (exact) mass is 207 g/mol. The molecule has 15 heavy (non-hydrogen) atoms. The van der Waals surface area contributed by atoms with Crippen LogP contribution >= 0.6 is 0 Å². The maximum Gasteiger partial charge on any atom is 0.127 e. The van der Waals surface area contributed by atoms with Crippen molar-refractivity contribution in [1.29, 1.82) is 0 Å². The van der Waals surface area contributed by atoms with Gasteiger partial charge in [0.1, 0.15) is 11.5 Å². The average molecular weight is 207 g/mol. The normalized spacial score (nSPS) is 12.2. The maximum atomic E-state index is 9.72. The molecule has 0 saturated carbocycles. The molecule has 3 heteroatoms. The number of benzene rings is 1. The van der Waals surface area contributed by atoms with Crippen LogP contribution in [-0.2, 0) is 0 Å². The minimum atomic E-state index is -0.279. The summed E-state index contributed by atoms with van der Waals surface area (Å²) in [5, 5.41) is 9.72. The number of nitrogens with two attached hydrogens (primary N) is 1. The van der Waals surface area contributed by atoms with Crippen LogP contribution in [0.1, 0.15) is 24.9 Å². The SMILES string of the molecule is C=C(C)C[C@H](N)c1c(O)cccc1OC. The van der Waals surface area contributed by atoms with Crippen molar-refractivity contribution in [3.63, 3.8) is 0 Å². The summed E-state index contributed by atoms with van der Waals surface area (Å²) in [4.78, 5) is 0. The highest BCUT2D eigenvalue weighted by atomic mass is 16.5. The Balaban J connectivity index is 3.05. The second-order valence-electron chi connectivity index (χ2n) is 3.66. The van der Waals surface area contributed by atoms with Gasteiger partial charge >= 0.3 is 0 Å². The van der Waals surface area contributed by atoms with Crippen molar-refractivity contribution in [2.24, 2.45) is 5.73 Å². The highest BCUT2D eigenvalue weighted by Gasteiger charge is 2.16. The predicted molar refractivity (Wildman–Crippen MR) is 61.0 cm³/mol. The number of phenolic OH excluding ortho intramolecular Hbond substituents is 1. The van der Waals surface area contributed by atoms with Crippen molar-refractivity contribution in [3.05, 3.63) is 35.9 Å². The summed E-state index contributed by atoms with van der Waals surface area (Å²) in [7, 11) is 1.56. The van der Waals surface area contributed by atoms with Gasteiger partial charge in [0.15, 0.2) is 0 Å². The second-order valence-corrected chi connectivity index (χ2v) is 3.66. The van der Waals surface area contributed by atoms with Crippen LogP contribution in [0.25, 0.3) is 0 Å². The number of rotatable bonds is 4. The Morgan fingerprint density at radius 1 is 1.60 bits per heavy atom. The van der Waals surface area contributed by atoms with Crippen LogP contribution in [0, 0.1) is 0 Å². The van der Waals surface area contributed by atoms with E-state index in [-0.39, 0.29) is 11.8 Å². The van der Waals surface area contributed by atoms with Crippen LogP contribution in [-0.4, -0.2) is 12.2 Å². The minimum Gasteiger partial charge on any atom is -0.507 e. The third-order valence-electron chi connectivity index (χ3n) is 2.20. The zero-order chi connectivity index (χ0) is 11.4. The molecule has 0 aliphatic rings. The Morgan fingerprint density at radius 2 is 2.27 bits per heavy atom. The van der Waals surface area contributed by atoms with Crippen molar-refractivity contribution in [1.82, 2.24) is 0 Å². The molecular weight excluding hydrogens is 190 g/mol. The van der Waals surface area contributed by atoms with Gasteiger partial charge in [0, 0.05) is 6.04 Å². The van der Waals surface area contributed by atoms with Gasteiger partial charge in [0.25, 0.3) is 0 Å². The van der Waals surface area contributed by atoms with Gasteiger partial charge in [-0.1, -0.05) is 11.6 Å². The van der Waals surface area contributed by atoms with Crippen LogP contribution in [0.2, 0.25) is 0 Å². The molecule has 0 bridgehead atoms. The lowest BCUT2D eigenvalue weighted by Gasteiger charge is -2.16. The molecule has 82 valence electrons. The summed E-state index contributed by atoms with van der Waals surface area (Å²) in [6.07, 6.45) is 0.633. The Hall–Kier alpha value is -1.48. The number of aromatic hydroxyl groups is 1. The summed E-state index contributed by atoms with van der Waals surface area (Å²) in [6.45, 7) is 5.71. The molecule has 1 atom stereocenters. The first kappa shape index (κ1) is 11.6. The summed E-state index contributed by atoms with van der Waals surface area (Å²) in [5.41, 5.74) is 7.59. The van der Waals surface area contributed by atoms with Gasteiger partial charge in [0.05, 0.1) is 12.7 Å². The van der Waals surface area contributed by atoms with Gasteiger partial charge < -0.3 is 15.6 Å². The molecule has 1 rings (SSSR count). The molecule has 0 aliphatic carbocycles. The molecule has 3 N–H and O–H groups in total. The van der Waals surface area contributed by atoms with Crippen LogP contribution in [0.4, 0.5) is 0 Å². The van der Waals surface area contributed by atoms with Crippen molar-refractivity contribution in [2.45, 2.75) is 19.4 Å². The lowest BCUT2D eigenvalue weighted by molar-refractivity contribution is 0.393. The molecule has 0 fully saturated rings. The first-order valence-corrected chi connectivity index (χ1v) is 4.82. The molecule has 3 nitrogen and oxygen atoms in total. The van der Waals surface area contributed by atoms with Gasteiger partial charge in [-0.15, -0.1) is 6.58 Å². The molecule has 0 aliphatic heterocycles. The third-order valence-corrected chi connectivity index (χ3v) is 2.20. The van der Waals surface area contributed by atoms with E-state index in [1.807, 2.05) is 6.92 Å². The van der Waals surface area contributed by atoms with E-state index in [4.69, 9.17) is 10.5 Å². The Morgan fingerprint density at radius 3 is 2.80 bits per heavy atom. The fourth-order valence-corrected chi connectivity index (χ4v) is 1.56. The van der Waals surface area contributed by atoms with E-state index in [0.29, 0.717) is 17.7 Å². The van der Waals surface area contributed by atoms with Crippen LogP contribution in [0.3, 0.4) is 0 Å². The van der Waals surface area contributed by atoms with Crippen LogP contribution in [0.5, 0.6) is 11.5 Å². The van der Waals surface area contributed by atoms with E-state index in [2.05, 4.69) is 6.58 Å². The molecule has 0 radical (unpaired) electrons. The summed E-state index contributed by atoms with van der Waals surface area (Å²) in [5.74, 6) is 0.784. The quantitative estimate of drug-likeness (QED) is 0.745. The molecule has 0 saturated heterocycles. The zero-order valence-electron chi connectivity index (χ0n) is 9.16. The fourth-order valence-electron chi connectivity index (χ4n) is 1.56. The second kappa shape index (κ2) is 4.84. The van der Waals surface area contributed by atoms with E-state index in [0.717, 1.165) is 5.57 Å². The standard InChI is InChI=1S/C12H17NO2/c1-8(2)7-9(13)12-10(14)5-4-6-11(12)15-3/h4-6,9,14H,1,7,13H2,2-3H3/t9-/m0/s1. The molecule has 0 aromatic heterocycles. The average Bonchev–Trinajstić information content (AvgIpc) is 2.15. The molecule has 1 aromatic rings. The van der Waals surface area contributed by atoms with E-state index < -0.39 is 0 Å². The zero-order valence-corrected chi connectivity index (χ0v) is 9.16. The van der Waals surface area contributed by atoms with Crippen LogP contribution in [0.15, 0.2) is 30.4 Å². The number of ether oxygens (including phenoxy) is 1. The van der Waals surface area contributed by atoms with Gasteiger partial charge in [-0.2, -0.15) is 0 Å². The number of hydrogen-bond donors (Lipinski definition) is 2. The minimum absolute atomic E-state index is 0.170. The van der Waals surface area contributed by atoms with Crippen LogP contribution < -0.4 is 10.5 Å². The van der Waals surface area contributed by atoms with E-state index in [9.17, 15) is 5.11 Å². The summed E-state index contributed by atoms with van der Waals surface area (Å²) in [6, 6.07) is 4.84. The topological polar surface area (TPSA) is 55.5 Å². The smallest absolute Gasteiger partial charge is 0.127 e. The third kappa shape index (κ3) is 2.73. The molecule has 1 aromatic carbocycles.